The van der Waals surface area contributed by atoms with Crippen LogP contribution in [-0.2, 0) is 48.9 Å². The number of carbonyl (C=O) groups is 2. The largest absolute Gasteiger partial charge is 0.874 e. The quantitative estimate of drug-likeness (QED) is 0.301. The SMILES string of the molecule is C[C-]=C(CON1C(=O)c2ccccc2C1=O)C(=[N-])OCc1ccccc1.[Y]. The van der Waals surface area contributed by atoms with Gasteiger partial charge in [-0.3, -0.25) is 20.5 Å². The molecule has 6 nitrogen and oxygen atoms in total. The number of nitrogens with zero attached hydrogens (tertiary/aromatic N) is 2. The van der Waals surface area contributed by atoms with Crippen molar-refractivity contribution in [3.05, 3.63) is 88.3 Å². The molecule has 2 amide bonds. The Kier molecular flexibility index (Phi) is 7.59. The standard InChI is InChI=1S/C20H16N2O4.Y/c1-2-15(18(21)25-12-14-8-4-3-5-9-14)13-26-22-19(23)16-10-6-7-11-17(16)20(22)24;/h3-11H,12-13H2,1H3;/q-2;. The number of carbonyl (C=O) groups excluding carboxylic acids is 2. The molecule has 1 aliphatic rings. The topological polar surface area (TPSA) is 78.1 Å². The summed E-state index contributed by atoms with van der Waals surface area (Å²) in [5, 5.41) is 10.8. The number of hydrogen-bond donors (Lipinski definition) is 0. The third-order valence-electron chi connectivity index (χ3n) is 3.87. The zero-order valence-electron chi connectivity index (χ0n) is 14.7. The molecule has 7 heteroatoms. The molecular formula is C20H16N2O4Y-2. The maximum absolute atomic E-state index is 12.2. The molecule has 0 aliphatic carbocycles. The summed E-state index contributed by atoms with van der Waals surface area (Å²) in [6, 6.07) is 15.8. The van der Waals surface area contributed by atoms with Crippen molar-refractivity contribution in [1.29, 1.82) is 0 Å². The number of rotatable bonds is 6. The zero-order chi connectivity index (χ0) is 18.5. The number of imide groups is 1. The van der Waals surface area contributed by atoms with Crippen molar-refractivity contribution in [2.24, 2.45) is 0 Å². The molecular weight excluding hydrogens is 421 g/mol. The first-order valence-electron chi connectivity index (χ1n) is 7.99. The molecule has 0 N–H and O–H groups in total. The van der Waals surface area contributed by atoms with Crippen molar-refractivity contribution < 1.29 is 51.9 Å². The first kappa shape index (κ1) is 21.2. The first-order chi connectivity index (χ1) is 12.6. The van der Waals surface area contributed by atoms with Gasteiger partial charge in [-0.05, 0) is 17.7 Å². The Bertz CT molecular complexity index is 846. The summed E-state index contributed by atoms with van der Waals surface area (Å²) in [7, 11) is 0. The Morgan fingerprint density at radius 3 is 2.11 bits per heavy atom. The second kappa shape index (κ2) is 9.69. The van der Waals surface area contributed by atoms with Gasteiger partial charge in [-0.15, -0.1) is 12.0 Å². The minimum atomic E-state index is -0.536. The number of allylic oxidation sites excluding steroid dienone is 1. The molecule has 0 unspecified atom stereocenters. The maximum Gasteiger partial charge on any atom is 0.285 e. The van der Waals surface area contributed by atoms with Crippen molar-refractivity contribution >= 4 is 17.7 Å². The predicted octanol–water partition coefficient (Wildman–Crippen LogP) is 3.15. The van der Waals surface area contributed by atoms with Crippen molar-refractivity contribution in [1.82, 2.24) is 5.06 Å². The van der Waals surface area contributed by atoms with E-state index in [9.17, 15) is 15.0 Å². The number of hydroxylamine groups is 2. The normalized spacial score (nSPS) is 13.2. The van der Waals surface area contributed by atoms with Crippen molar-refractivity contribution in [2.75, 3.05) is 6.61 Å². The molecule has 1 aliphatic heterocycles. The number of amides is 2. The molecule has 3 rings (SSSR count). The van der Waals surface area contributed by atoms with E-state index in [0.717, 1.165) is 5.56 Å². The van der Waals surface area contributed by atoms with Crippen LogP contribution < -0.4 is 0 Å². The van der Waals surface area contributed by atoms with Crippen LogP contribution in [0.3, 0.4) is 0 Å². The van der Waals surface area contributed by atoms with E-state index in [1.807, 2.05) is 30.3 Å². The van der Waals surface area contributed by atoms with Crippen LogP contribution in [0.4, 0.5) is 0 Å². The first-order valence-corrected chi connectivity index (χ1v) is 7.99. The minimum Gasteiger partial charge on any atom is -0.874 e. The second-order valence-electron chi connectivity index (χ2n) is 5.53. The van der Waals surface area contributed by atoms with Gasteiger partial charge in [-0.25, -0.2) is 0 Å². The van der Waals surface area contributed by atoms with Crippen LogP contribution in [0, 0.1) is 6.08 Å². The predicted molar refractivity (Wildman–Crippen MR) is 94.9 cm³/mol. The molecule has 0 saturated carbocycles. The molecule has 135 valence electrons. The second-order valence-corrected chi connectivity index (χ2v) is 5.53. The van der Waals surface area contributed by atoms with Crippen LogP contribution >= 0.6 is 0 Å². The summed E-state index contributed by atoms with van der Waals surface area (Å²) < 4.78 is 5.32. The monoisotopic (exact) mass is 437 g/mol. The fraction of sp³-hybridized carbons (Fsp3) is 0.150. The van der Waals surface area contributed by atoms with Gasteiger partial charge in [0, 0.05) is 32.7 Å². The van der Waals surface area contributed by atoms with Gasteiger partial charge in [0.25, 0.3) is 11.8 Å². The third-order valence-corrected chi connectivity index (χ3v) is 3.87. The molecule has 1 heterocycles. The molecule has 0 atom stereocenters. The van der Waals surface area contributed by atoms with Gasteiger partial charge in [0.05, 0.1) is 24.3 Å². The van der Waals surface area contributed by atoms with E-state index in [1.165, 1.54) is 0 Å². The molecule has 1 radical (unpaired) electrons. The van der Waals surface area contributed by atoms with Gasteiger partial charge in [0.1, 0.15) is 0 Å². The molecule has 2 aromatic carbocycles. The van der Waals surface area contributed by atoms with Crippen molar-refractivity contribution in [3.8, 4) is 0 Å². The van der Waals surface area contributed by atoms with Gasteiger partial charge in [0.15, 0.2) is 0 Å². The van der Waals surface area contributed by atoms with Crippen LogP contribution in [0.2, 0.25) is 0 Å². The van der Waals surface area contributed by atoms with E-state index in [2.05, 4.69) is 6.08 Å². The molecule has 0 spiro atoms. The van der Waals surface area contributed by atoms with E-state index in [-0.39, 0.29) is 68.5 Å². The Balaban J connectivity index is 0.00000261. The average molecular weight is 437 g/mol. The number of ether oxygens (including phenoxy) is 1. The molecule has 0 saturated heterocycles. The Labute approximate surface area is 182 Å². The minimum absolute atomic E-state index is 0. The van der Waals surface area contributed by atoms with E-state index < -0.39 is 11.8 Å². The summed E-state index contributed by atoms with van der Waals surface area (Å²) in [6.45, 7) is 1.51. The van der Waals surface area contributed by atoms with E-state index in [0.29, 0.717) is 5.06 Å². The van der Waals surface area contributed by atoms with Gasteiger partial charge < -0.3 is 10.1 Å². The molecule has 27 heavy (non-hydrogen) atoms. The number of fused-ring (bicyclic) bond motifs is 1. The summed E-state index contributed by atoms with van der Waals surface area (Å²) >= 11 is 0. The van der Waals surface area contributed by atoms with Crippen LogP contribution in [0.15, 0.2) is 60.2 Å². The van der Waals surface area contributed by atoms with Gasteiger partial charge >= 0.3 is 0 Å². The third kappa shape index (κ3) is 4.77. The van der Waals surface area contributed by atoms with Crippen LogP contribution in [0.25, 0.3) is 5.41 Å². The van der Waals surface area contributed by atoms with Gasteiger partial charge in [-0.1, -0.05) is 42.5 Å². The zero-order valence-corrected chi connectivity index (χ0v) is 17.6. The molecule has 0 fully saturated rings. The number of hydrogen-bond acceptors (Lipinski definition) is 4. The van der Waals surface area contributed by atoms with Crippen LogP contribution in [-0.4, -0.2) is 29.4 Å². The summed E-state index contributed by atoms with van der Waals surface area (Å²) in [4.78, 5) is 29.8. The van der Waals surface area contributed by atoms with E-state index in [4.69, 9.17) is 9.57 Å². The smallest absolute Gasteiger partial charge is 0.285 e. The molecule has 2 aromatic rings. The summed E-state index contributed by atoms with van der Waals surface area (Å²) in [5.74, 6) is -1.44. The van der Waals surface area contributed by atoms with Crippen molar-refractivity contribution in [3.63, 3.8) is 0 Å². The van der Waals surface area contributed by atoms with E-state index >= 15 is 0 Å². The summed E-state index contributed by atoms with van der Waals surface area (Å²) in [5.41, 5.74) is 1.67. The van der Waals surface area contributed by atoms with Gasteiger partial charge in [0.2, 0.25) is 0 Å². The fourth-order valence-corrected chi connectivity index (χ4v) is 2.47. The van der Waals surface area contributed by atoms with Crippen LogP contribution in [0.5, 0.6) is 0 Å². The molecule has 0 aromatic heterocycles. The van der Waals surface area contributed by atoms with Gasteiger partial charge in [-0.2, -0.15) is 11.5 Å². The number of benzene rings is 2. The maximum atomic E-state index is 12.2. The van der Waals surface area contributed by atoms with Crippen molar-refractivity contribution in [2.45, 2.75) is 13.5 Å². The Morgan fingerprint density at radius 1 is 1.00 bits per heavy atom. The molecule has 0 bridgehead atoms. The average Bonchev–Trinajstić information content (AvgIpc) is 2.92. The van der Waals surface area contributed by atoms with Crippen LogP contribution in [0.1, 0.15) is 33.2 Å². The fourth-order valence-electron chi connectivity index (χ4n) is 2.47. The van der Waals surface area contributed by atoms with E-state index in [1.54, 1.807) is 31.2 Å². The Morgan fingerprint density at radius 2 is 1.56 bits per heavy atom. The summed E-state index contributed by atoms with van der Waals surface area (Å²) in [6.07, 6.45) is 2.74. The Hall–Kier alpha value is -2.15.